The first-order chi connectivity index (χ1) is 16.9. The number of fused-ring (bicyclic) bond motifs is 2. The summed E-state index contributed by atoms with van der Waals surface area (Å²) in [6, 6.07) is 0. The molecule has 4 aliphatic carbocycles. The third kappa shape index (κ3) is 2.89. The van der Waals surface area contributed by atoms with Crippen molar-refractivity contribution in [2.24, 2.45) is 45.8 Å². The van der Waals surface area contributed by atoms with Crippen molar-refractivity contribution in [1.82, 2.24) is 0 Å². The molecule has 0 radical (unpaired) electrons. The van der Waals surface area contributed by atoms with Crippen LogP contribution in [-0.2, 0) is 23.8 Å². The molecule has 36 heavy (non-hydrogen) atoms. The molecular formula is C27H40O9. The monoisotopic (exact) mass is 508 g/mol. The average Bonchev–Trinajstić information content (AvgIpc) is 3.38. The lowest BCUT2D eigenvalue weighted by atomic mass is 9.42. The van der Waals surface area contributed by atoms with Gasteiger partial charge in [-0.15, -0.1) is 0 Å². The summed E-state index contributed by atoms with van der Waals surface area (Å²) >= 11 is 0. The number of hydrogen-bond donors (Lipinski definition) is 4. The fraction of sp³-hybridized carbons (Fsp3) is 0.852. The normalized spacial score (nSPS) is 51.3. The highest BCUT2D eigenvalue weighted by Crippen LogP contribution is 2.83. The average molecular weight is 509 g/mol. The molecular weight excluding hydrogens is 468 g/mol. The molecule has 0 amide bonds. The van der Waals surface area contributed by atoms with Crippen LogP contribution in [0.25, 0.3) is 0 Å². The summed E-state index contributed by atoms with van der Waals surface area (Å²) in [6.07, 6.45) is -0.626. The zero-order chi connectivity index (χ0) is 26.4. The van der Waals surface area contributed by atoms with Gasteiger partial charge in [0.05, 0.1) is 18.1 Å². The zero-order valence-corrected chi connectivity index (χ0v) is 21.7. The number of hydrogen-bond acceptors (Lipinski definition) is 7. The Morgan fingerprint density at radius 1 is 1.11 bits per heavy atom. The van der Waals surface area contributed by atoms with Crippen LogP contribution in [0.1, 0.15) is 53.4 Å². The lowest BCUT2D eigenvalue weighted by Gasteiger charge is -2.58. The number of methoxy groups -OCH3 is 1. The molecule has 9 heteroatoms. The molecule has 4 bridgehead atoms. The van der Waals surface area contributed by atoms with Crippen LogP contribution in [0.2, 0.25) is 0 Å². The molecule has 9 nitrogen and oxygen atoms in total. The Balaban J connectivity index is 1.59. The number of aliphatic hydroxyl groups is 2. The van der Waals surface area contributed by atoms with Crippen LogP contribution in [0, 0.1) is 45.8 Å². The first-order valence-corrected chi connectivity index (χ1v) is 13.3. The summed E-state index contributed by atoms with van der Waals surface area (Å²) in [5, 5.41) is 43.2. The maximum atomic E-state index is 13.5. The van der Waals surface area contributed by atoms with Crippen molar-refractivity contribution < 1.29 is 44.2 Å². The van der Waals surface area contributed by atoms with E-state index in [0.29, 0.717) is 17.9 Å². The van der Waals surface area contributed by atoms with Crippen molar-refractivity contribution in [2.45, 2.75) is 84.1 Å². The lowest BCUT2D eigenvalue weighted by molar-refractivity contribution is -0.307. The Kier molecular flexibility index (Phi) is 6.16. The summed E-state index contributed by atoms with van der Waals surface area (Å²) < 4.78 is 17.3. The Morgan fingerprint density at radius 3 is 2.39 bits per heavy atom. The Hall–Kier alpha value is -1.52. The highest BCUT2D eigenvalue weighted by Gasteiger charge is 2.86. The van der Waals surface area contributed by atoms with Gasteiger partial charge in [0.2, 0.25) is 0 Å². The number of carboxylic acids is 2. The van der Waals surface area contributed by atoms with E-state index < -0.39 is 58.9 Å². The van der Waals surface area contributed by atoms with Crippen LogP contribution in [0.3, 0.4) is 0 Å². The molecule has 0 aromatic heterocycles. The van der Waals surface area contributed by atoms with Crippen LogP contribution >= 0.6 is 0 Å². The number of carboxylic acid groups (broad SMARTS) is 2. The van der Waals surface area contributed by atoms with Gasteiger partial charge in [0.1, 0.15) is 23.7 Å². The Morgan fingerprint density at radius 2 is 1.81 bits per heavy atom. The molecule has 0 spiro atoms. The van der Waals surface area contributed by atoms with Gasteiger partial charge in [0.15, 0.2) is 6.29 Å². The van der Waals surface area contributed by atoms with Gasteiger partial charge in [-0.3, -0.25) is 9.59 Å². The molecule has 0 unspecified atom stereocenters. The maximum absolute atomic E-state index is 13.5. The van der Waals surface area contributed by atoms with Crippen LogP contribution in [0.4, 0.5) is 0 Å². The van der Waals surface area contributed by atoms with Gasteiger partial charge in [0, 0.05) is 12.5 Å². The Labute approximate surface area is 211 Å². The molecule has 0 aromatic carbocycles. The quantitative estimate of drug-likeness (QED) is 0.381. The first kappa shape index (κ1) is 26.1. The highest BCUT2D eigenvalue weighted by molar-refractivity contribution is 5.94. The minimum absolute atomic E-state index is 0.0690. The van der Waals surface area contributed by atoms with E-state index in [0.717, 1.165) is 12.8 Å². The van der Waals surface area contributed by atoms with Gasteiger partial charge >= 0.3 is 11.9 Å². The topological polar surface area (TPSA) is 143 Å². The molecule has 1 aliphatic heterocycles. The van der Waals surface area contributed by atoms with Gasteiger partial charge in [-0.2, -0.15) is 0 Å². The molecule has 12 atom stereocenters. The Bertz CT molecular complexity index is 963. The number of aliphatic hydroxyl groups excluding tert-OH is 2. The largest absolute Gasteiger partial charge is 0.481 e. The predicted molar refractivity (Wildman–Crippen MR) is 127 cm³/mol. The highest BCUT2D eigenvalue weighted by atomic mass is 16.7. The second-order valence-electron chi connectivity index (χ2n) is 12.3. The van der Waals surface area contributed by atoms with E-state index in [2.05, 4.69) is 6.92 Å². The molecule has 3 saturated carbocycles. The van der Waals surface area contributed by atoms with Crippen LogP contribution in [0.5, 0.6) is 0 Å². The van der Waals surface area contributed by atoms with Crippen LogP contribution < -0.4 is 0 Å². The van der Waals surface area contributed by atoms with Crippen molar-refractivity contribution in [3.63, 3.8) is 0 Å². The van der Waals surface area contributed by atoms with E-state index in [1.807, 2.05) is 19.9 Å². The smallest absolute Gasteiger partial charge is 0.315 e. The van der Waals surface area contributed by atoms with E-state index in [9.17, 15) is 30.0 Å². The van der Waals surface area contributed by atoms with Crippen LogP contribution in [0.15, 0.2) is 11.6 Å². The lowest BCUT2D eigenvalue weighted by Crippen LogP contribution is -2.66. The standard InChI is InChI=1S/C27H40O9/c1-12(2)18-8-15-9-26(23(30)31)17-7-6-13(3)16(17)10-25(15,27(18,26)24(32)33)11-35-22-20(29)19(28)21(34-5)14(4)36-22/h8,12-17,19-22,28-29H,6-7,9-11H2,1-5H3,(H,30,31)(H,32,33)/t13-,14-,15-,16-,17-,19+,20+,21-,22-,25+,26-,27-/m1/s1. The maximum Gasteiger partial charge on any atom is 0.315 e. The fourth-order valence-electron chi connectivity index (χ4n) is 9.44. The predicted octanol–water partition coefficient (Wildman–Crippen LogP) is 2.29. The SMILES string of the molecule is CO[C@H]1[C@@H](O)[C@H](O)[C@H](OC[C@@]23C[C@@H]4[C@H](C)CC[C@H]4[C@@]4(C(=O)O)C[C@H]2C=C(C(C)C)[C@@]34C(=O)O)O[C@@H]1C. The van der Waals surface area contributed by atoms with Crippen molar-refractivity contribution in [3.05, 3.63) is 11.6 Å². The molecule has 5 rings (SSSR count). The summed E-state index contributed by atoms with van der Waals surface area (Å²) in [5.41, 5.74) is -3.30. The molecule has 1 saturated heterocycles. The number of ether oxygens (including phenoxy) is 3. The van der Waals surface area contributed by atoms with Crippen molar-refractivity contribution in [1.29, 1.82) is 0 Å². The summed E-state index contributed by atoms with van der Waals surface area (Å²) in [4.78, 5) is 26.8. The van der Waals surface area contributed by atoms with E-state index in [4.69, 9.17) is 14.2 Å². The minimum Gasteiger partial charge on any atom is -0.481 e. The van der Waals surface area contributed by atoms with E-state index in [1.54, 1.807) is 6.92 Å². The minimum atomic E-state index is -1.60. The third-order valence-electron chi connectivity index (χ3n) is 10.8. The third-order valence-corrected chi connectivity index (χ3v) is 10.8. The van der Waals surface area contributed by atoms with Crippen molar-refractivity contribution in [3.8, 4) is 0 Å². The van der Waals surface area contributed by atoms with Crippen LogP contribution in [-0.4, -0.2) is 76.8 Å². The van der Waals surface area contributed by atoms with Gasteiger partial charge in [-0.05, 0) is 55.8 Å². The number of allylic oxidation sites excluding steroid dienone is 1. The summed E-state index contributed by atoms with van der Waals surface area (Å²) in [7, 11) is 1.43. The fourth-order valence-corrected chi connectivity index (χ4v) is 9.44. The van der Waals surface area contributed by atoms with Gasteiger partial charge in [-0.1, -0.05) is 38.8 Å². The van der Waals surface area contributed by atoms with E-state index in [1.165, 1.54) is 7.11 Å². The molecule has 4 fully saturated rings. The molecule has 202 valence electrons. The van der Waals surface area contributed by atoms with E-state index >= 15 is 0 Å². The molecule has 0 aromatic rings. The number of carbonyl (C=O) groups is 2. The second-order valence-corrected chi connectivity index (χ2v) is 12.3. The van der Waals surface area contributed by atoms with Gasteiger partial charge < -0.3 is 34.6 Å². The number of rotatable bonds is 7. The van der Waals surface area contributed by atoms with E-state index in [-0.39, 0.29) is 36.7 Å². The molecule has 1 heterocycles. The summed E-state index contributed by atoms with van der Waals surface area (Å²) in [6.45, 7) is 7.66. The van der Waals surface area contributed by atoms with Crippen molar-refractivity contribution in [2.75, 3.05) is 13.7 Å². The van der Waals surface area contributed by atoms with Gasteiger partial charge in [0.25, 0.3) is 0 Å². The molecule has 5 aliphatic rings. The number of aliphatic carboxylic acids is 2. The summed E-state index contributed by atoms with van der Waals surface area (Å²) in [5.74, 6) is -2.35. The van der Waals surface area contributed by atoms with Gasteiger partial charge in [-0.25, -0.2) is 0 Å². The first-order valence-electron chi connectivity index (χ1n) is 13.3. The zero-order valence-electron chi connectivity index (χ0n) is 21.7. The second kappa shape index (κ2) is 8.50. The van der Waals surface area contributed by atoms with Crippen molar-refractivity contribution >= 4 is 11.9 Å². The molecule has 4 N–H and O–H groups in total.